The number of nitrogens with one attached hydrogen (secondary N) is 1. The van der Waals surface area contributed by atoms with Crippen molar-refractivity contribution in [3.05, 3.63) is 131 Å². The Morgan fingerprint density at radius 2 is 1.69 bits per heavy atom. The van der Waals surface area contributed by atoms with E-state index in [1.54, 1.807) is 7.11 Å². The SMILES string of the molecule is COC[C@@H]1CCCN1C[C@H]1C[C@@H](c2ccc(CO)cc2)O[C@@H](c2ccc(-c3ccccc3CNC(=O)c3cnc4ccccc4n3)cc2)O1. The smallest absolute Gasteiger partial charge is 0.271 e. The predicted molar refractivity (Wildman–Crippen MR) is 187 cm³/mol. The van der Waals surface area contributed by atoms with Gasteiger partial charge in [0.25, 0.3) is 5.91 Å². The van der Waals surface area contributed by atoms with Gasteiger partial charge in [0.2, 0.25) is 0 Å². The third kappa shape index (κ3) is 7.72. The number of para-hydroxylation sites is 2. The molecule has 2 fully saturated rings. The number of aliphatic hydroxyl groups excluding tert-OH is 1. The maximum atomic E-state index is 13.0. The van der Waals surface area contributed by atoms with Gasteiger partial charge >= 0.3 is 0 Å². The summed E-state index contributed by atoms with van der Waals surface area (Å²) in [5.41, 5.74) is 7.67. The van der Waals surface area contributed by atoms with E-state index in [0.29, 0.717) is 18.1 Å². The molecule has 9 nitrogen and oxygen atoms in total. The first-order valence-electron chi connectivity index (χ1n) is 17.0. The Morgan fingerprint density at radius 3 is 2.49 bits per heavy atom. The Bertz CT molecular complexity index is 1870. The number of hydrogen-bond donors (Lipinski definition) is 2. The first-order valence-corrected chi connectivity index (χ1v) is 17.0. The second kappa shape index (κ2) is 15.4. The van der Waals surface area contributed by atoms with Crippen LogP contribution in [0.3, 0.4) is 0 Å². The lowest BCUT2D eigenvalue weighted by Gasteiger charge is -2.38. The molecule has 3 heterocycles. The van der Waals surface area contributed by atoms with Crippen LogP contribution in [0.25, 0.3) is 22.2 Å². The molecular weight excluding hydrogens is 616 g/mol. The lowest BCUT2D eigenvalue weighted by atomic mass is 9.97. The lowest BCUT2D eigenvalue weighted by Crippen LogP contribution is -2.42. The quantitative estimate of drug-likeness (QED) is 0.169. The zero-order chi connectivity index (χ0) is 33.6. The number of likely N-dealkylation sites (tertiary alicyclic amines) is 1. The lowest BCUT2D eigenvalue weighted by molar-refractivity contribution is -0.253. The molecule has 7 rings (SSSR count). The van der Waals surface area contributed by atoms with E-state index in [1.807, 2.05) is 66.7 Å². The number of amides is 1. The Morgan fingerprint density at radius 1 is 0.939 bits per heavy atom. The third-order valence-corrected chi connectivity index (χ3v) is 9.54. The standard InChI is InChI=1S/C40H42N4O5/c1-47-26-32-8-6-20-44(32)24-33-21-38(29-14-12-27(25-45)13-15-29)49-40(48-33)30-18-16-28(17-19-30)34-9-3-2-7-31(34)22-42-39(46)37-23-41-35-10-4-5-11-36(35)43-37/h2-5,7,9-19,23,32-33,38,40,45H,6,8,20-22,24-26H2,1H3,(H,42,46)/t32-,33+,38-,40-/m0/s1. The van der Waals surface area contributed by atoms with E-state index in [-0.39, 0.29) is 30.4 Å². The van der Waals surface area contributed by atoms with Gasteiger partial charge in [-0.3, -0.25) is 14.7 Å². The highest BCUT2D eigenvalue weighted by atomic mass is 16.7. The van der Waals surface area contributed by atoms with Crippen LogP contribution in [-0.2, 0) is 27.4 Å². The number of carbonyl (C=O) groups is 1. The summed E-state index contributed by atoms with van der Waals surface area (Å²) >= 11 is 0. The first-order chi connectivity index (χ1) is 24.1. The Hall–Kier alpha value is -4.51. The summed E-state index contributed by atoms with van der Waals surface area (Å²) in [6, 6.07) is 32.3. The van der Waals surface area contributed by atoms with E-state index >= 15 is 0 Å². The largest absolute Gasteiger partial charge is 0.392 e. The van der Waals surface area contributed by atoms with Gasteiger partial charge in [-0.25, -0.2) is 4.98 Å². The van der Waals surface area contributed by atoms with Gasteiger partial charge in [0, 0.05) is 38.2 Å². The van der Waals surface area contributed by atoms with Crippen molar-refractivity contribution in [3.8, 4) is 11.1 Å². The molecule has 9 heteroatoms. The van der Waals surface area contributed by atoms with Gasteiger partial charge in [0.15, 0.2) is 6.29 Å². The molecule has 1 amide bonds. The van der Waals surface area contributed by atoms with E-state index in [9.17, 15) is 9.90 Å². The van der Waals surface area contributed by atoms with Crippen molar-refractivity contribution >= 4 is 16.9 Å². The molecular formula is C40H42N4O5. The van der Waals surface area contributed by atoms with Gasteiger partial charge in [-0.15, -0.1) is 0 Å². The molecule has 2 aliphatic heterocycles. The zero-order valence-corrected chi connectivity index (χ0v) is 27.7. The van der Waals surface area contributed by atoms with Crippen LogP contribution in [0.15, 0.2) is 103 Å². The molecule has 4 atom stereocenters. The van der Waals surface area contributed by atoms with Gasteiger partial charge < -0.3 is 24.6 Å². The Kier molecular flexibility index (Phi) is 10.3. The molecule has 49 heavy (non-hydrogen) atoms. The summed E-state index contributed by atoms with van der Waals surface area (Å²) in [5.74, 6) is -0.271. The van der Waals surface area contributed by atoms with Gasteiger partial charge in [0.1, 0.15) is 5.69 Å². The molecule has 2 aliphatic rings. The van der Waals surface area contributed by atoms with Crippen LogP contribution in [0.5, 0.6) is 0 Å². The molecule has 2 saturated heterocycles. The van der Waals surface area contributed by atoms with Crippen LogP contribution in [0.2, 0.25) is 0 Å². The van der Waals surface area contributed by atoms with Crippen LogP contribution in [0.4, 0.5) is 0 Å². The molecule has 2 N–H and O–H groups in total. The average molecular weight is 659 g/mol. The normalized spacial score (nSPS) is 21.2. The van der Waals surface area contributed by atoms with Crippen molar-refractivity contribution in [3.63, 3.8) is 0 Å². The summed E-state index contributed by atoms with van der Waals surface area (Å²) in [7, 11) is 1.77. The highest BCUT2D eigenvalue weighted by Crippen LogP contribution is 2.39. The predicted octanol–water partition coefficient (Wildman–Crippen LogP) is 6.38. The summed E-state index contributed by atoms with van der Waals surface area (Å²) in [4.78, 5) is 24.4. The maximum Gasteiger partial charge on any atom is 0.271 e. The van der Waals surface area contributed by atoms with Crippen LogP contribution < -0.4 is 5.32 Å². The van der Waals surface area contributed by atoms with Crippen molar-refractivity contribution in [2.75, 3.05) is 26.8 Å². The summed E-state index contributed by atoms with van der Waals surface area (Å²) in [6.07, 6.45) is 3.86. The van der Waals surface area contributed by atoms with Gasteiger partial charge in [-0.05, 0) is 59.3 Å². The number of benzene rings is 4. The van der Waals surface area contributed by atoms with Crippen molar-refractivity contribution in [1.29, 1.82) is 0 Å². The second-order valence-corrected chi connectivity index (χ2v) is 12.8. The molecule has 0 spiro atoms. The van der Waals surface area contributed by atoms with Crippen LogP contribution in [0.1, 0.15) is 64.4 Å². The van der Waals surface area contributed by atoms with E-state index in [0.717, 1.165) is 77.9 Å². The number of aliphatic hydroxyl groups is 1. The van der Waals surface area contributed by atoms with Crippen molar-refractivity contribution in [1.82, 2.24) is 20.2 Å². The fourth-order valence-corrected chi connectivity index (χ4v) is 6.92. The monoisotopic (exact) mass is 658 g/mol. The number of methoxy groups -OCH3 is 1. The number of carbonyl (C=O) groups excluding carboxylic acids is 1. The average Bonchev–Trinajstić information content (AvgIpc) is 3.59. The molecule has 252 valence electrons. The van der Waals surface area contributed by atoms with Crippen LogP contribution in [0, 0.1) is 0 Å². The minimum absolute atomic E-state index is 0.0109. The van der Waals surface area contributed by atoms with Gasteiger partial charge in [0.05, 0.1) is 42.7 Å². The van der Waals surface area contributed by atoms with Gasteiger partial charge in [-0.1, -0.05) is 84.9 Å². The molecule has 0 aliphatic carbocycles. The Balaban J connectivity index is 1.07. The summed E-state index contributed by atoms with van der Waals surface area (Å²) < 4.78 is 18.8. The summed E-state index contributed by atoms with van der Waals surface area (Å²) in [6.45, 7) is 2.94. The molecule has 0 unspecified atom stereocenters. The minimum atomic E-state index is -0.531. The highest BCUT2D eigenvalue weighted by molar-refractivity contribution is 5.93. The van der Waals surface area contributed by atoms with E-state index in [4.69, 9.17) is 14.2 Å². The van der Waals surface area contributed by atoms with Gasteiger partial charge in [-0.2, -0.15) is 0 Å². The fraction of sp³-hybridized carbons (Fsp3) is 0.325. The van der Waals surface area contributed by atoms with Crippen LogP contribution >= 0.6 is 0 Å². The van der Waals surface area contributed by atoms with Crippen molar-refractivity contribution in [2.45, 2.75) is 57.0 Å². The third-order valence-electron chi connectivity index (χ3n) is 9.54. The van der Waals surface area contributed by atoms with Crippen molar-refractivity contribution in [2.24, 2.45) is 0 Å². The number of ether oxygens (including phenoxy) is 3. The fourth-order valence-electron chi connectivity index (χ4n) is 6.92. The number of fused-ring (bicyclic) bond motifs is 1. The number of nitrogens with zero attached hydrogens (tertiary/aromatic N) is 3. The number of rotatable bonds is 11. The topological polar surface area (TPSA) is 106 Å². The van der Waals surface area contributed by atoms with Crippen molar-refractivity contribution < 1.29 is 24.1 Å². The summed E-state index contributed by atoms with van der Waals surface area (Å²) in [5, 5.41) is 12.6. The second-order valence-electron chi connectivity index (χ2n) is 12.8. The molecule has 0 saturated carbocycles. The first kappa shape index (κ1) is 33.0. The minimum Gasteiger partial charge on any atom is -0.392 e. The number of aromatic nitrogens is 2. The van der Waals surface area contributed by atoms with Crippen LogP contribution in [-0.4, -0.2) is 64.8 Å². The van der Waals surface area contributed by atoms with E-state index in [2.05, 4.69) is 50.5 Å². The molecule has 1 aromatic heterocycles. The zero-order valence-electron chi connectivity index (χ0n) is 27.7. The molecule has 5 aromatic rings. The van der Waals surface area contributed by atoms with E-state index < -0.39 is 6.29 Å². The molecule has 0 bridgehead atoms. The number of hydrogen-bond acceptors (Lipinski definition) is 8. The molecule has 4 aromatic carbocycles. The van der Waals surface area contributed by atoms with E-state index in [1.165, 1.54) is 6.20 Å². The molecule has 0 radical (unpaired) electrons. The highest BCUT2D eigenvalue weighted by Gasteiger charge is 2.35. The Labute approximate surface area is 286 Å². The maximum absolute atomic E-state index is 13.0.